The Morgan fingerprint density at radius 3 is 2.81 bits per heavy atom. The number of hydrogen-bond donors (Lipinski definition) is 0. The van der Waals surface area contributed by atoms with Crippen molar-refractivity contribution in [2.45, 2.75) is 25.9 Å². The van der Waals surface area contributed by atoms with E-state index in [4.69, 9.17) is 0 Å². The van der Waals surface area contributed by atoms with Crippen LogP contribution in [0, 0.1) is 0 Å². The average Bonchev–Trinajstić information content (AvgIpc) is 2.81. The molecule has 3 nitrogen and oxygen atoms in total. The van der Waals surface area contributed by atoms with E-state index < -0.39 is 0 Å². The van der Waals surface area contributed by atoms with Crippen molar-refractivity contribution in [1.82, 2.24) is 9.88 Å². The fourth-order valence-corrected chi connectivity index (χ4v) is 4.27. The van der Waals surface area contributed by atoms with Gasteiger partial charge in [0.15, 0.2) is 5.13 Å². The van der Waals surface area contributed by atoms with Gasteiger partial charge in [0.25, 0.3) is 0 Å². The molecule has 0 amide bonds. The van der Waals surface area contributed by atoms with Crippen molar-refractivity contribution < 1.29 is 0 Å². The van der Waals surface area contributed by atoms with Gasteiger partial charge in [0.1, 0.15) is 4.60 Å². The van der Waals surface area contributed by atoms with Crippen molar-refractivity contribution in [1.29, 1.82) is 0 Å². The summed E-state index contributed by atoms with van der Waals surface area (Å²) >= 11 is 5.18. The zero-order valence-corrected chi connectivity index (χ0v) is 14.6. The Balaban J connectivity index is 1.67. The average molecular weight is 366 g/mol. The van der Waals surface area contributed by atoms with E-state index in [0.717, 1.165) is 35.9 Å². The molecule has 1 fully saturated rings. The summed E-state index contributed by atoms with van der Waals surface area (Å²) in [6.45, 7) is 6.68. The summed E-state index contributed by atoms with van der Waals surface area (Å²) in [7, 11) is 0. The van der Waals surface area contributed by atoms with Crippen LogP contribution in [0.3, 0.4) is 0 Å². The predicted molar refractivity (Wildman–Crippen MR) is 93.0 cm³/mol. The smallest absolute Gasteiger partial charge is 0.186 e. The lowest BCUT2D eigenvalue weighted by Gasteiger charge is -2.28. The van der Waals surface area contributed by atoms with Gasteiger partial charge in [0, 0.05) is 37.6 Å². The molecule has 0 radical (unpaired) electrons. The van der Waals surface area contributed by atoms with Crippen LogP contribution in [0.25, 0.3) is 0 Å². The van der Waals surface area contributed by atoms with Gasteiger partial charge in [0.2, 0.25) is 0 Å². The first-order valence-corrected chi connectivity index (χ1v) is 9.03. The van der Waals surface area contributed by atoms with Crippen LogP contribution in [-0.4, -0.2) is 35.6 Å². The van der Waals surface area contributed by atoms with Gasteiger partial charge >= 0.3 is 0 Å². The Morgan fingerprint density at radius 1 is 1.29 bits per heavy atom. The van der Waals surface area contributed by atoms with Gasteiger partial charge < -0.3 is 4.90 Å². The third-order valence-corrected chi connectivity index (χ3v) is 5.47. The number of aromatic nitrogens is 1. The quantitative estimate of drug-likeness (QED) is 0.818. The number of nitrogens with zero attached hydrogens (tertiary/aromatic N) is 3. The standard InChI is InChI=1S/C16H20BrN3S/c1-13-10-19(11-14-6-3-2-4-7-14)8-5-9-20(13)16-18-15(17)12-21-16/h2-4,6-7,12-13H,5,8-11H2,1H3. The summed E-state index contributed by atoms with van der Waals surface area (Å²) in [5.74, 6) is 0. The lowest BCUT2D eigenvalue weighted by molar-refractivity contribution is 0.268. The van der Waals surface area contributed by atoms with Crippen molar-refractivity contribution in [3.05, 3.63) is 45.9 Å². The molecule has 0 saturated carbocycles. The fraction of sp³-hybridized carbons (Fsp3) is 0.438. The maximum atomic E-state index is 4.58. The van der Waals surface area contributed by atoms with E-state index in [2.05, 4.69) is 73.3 Å². The summed E-state index contributed by atoms with van der Waals surface area (Å²) in [5.41, 5.74) is 1.40. The SMILES string of the molecule is CC1CN(Cc2ccccc2)CCCN1c1nc(Br)cs1. The molecule has 0 N–H and O–H groups in total. The van der Waals surface area contributed by atoms with Crippen LogP contribution >= 0.6 is 27.3 Å². The molecule has 1 aliphatic rings. The minimum atomic E-state index is 0.495. The summed E-state index contributed by atoms with van der Waals surface area (Å²) < 4.78 is 0.945. The Bertz CT molecular complexity index is 572. The highest BCUT2D eigenvalue weighted by atomic mass is 79.9. The lowest BCUT2D eigenvalue weighted by Crippen LogP contribution is -2.38. The molecule has 0 bridgehead atoms. The van der Waals surface area contributed by atoms with Crippen molar-refractivity contribution in [3.8, 4) is 0 Å². The summed E-state index contributed by atoms with van der Waals surface area (Å²) in [6, 6.07) is 11.2. The Labute approximate surface area is 138 Å². The van der Waals surface area contributed by atoms with Gasteiger partial charge in [-0.2, -0.15) is 0 Å². The minimum Gasteiger partial charge on any atom is -0.344 e. The predicted octanol–water partition coefficient (Wildman–Crippen LogP) is 4.01. The molecule has 1 aliphatic heterocycles. The Kier molecular flexibility index (Phi) is 4.93. The molecule has 1 saturated heterocycles. The van der Waals surface area contributed by atoms with Gasteiger partial charge in [-0.3, -0.25) is 4.90 Å². The molecule has 0 aliphatic carbocycles. The Hall–Kier alpha value is -0.910. The van der Waals surface area contributed by atoms with E-state index in [1.165, 1.54) is 12.0 Å². The van der Waals surface area contributed by atoms with E-state index in [-0.39, 0.29) is 0 Å². The summed E-state index contributed by atoms with van der Waals surface area (Å²) in [4.78, 5) is 9.58. The first-order valence-electron chi connectivity index (χ1n) is 7.36. The third-order valence-electron chi connectivity index (χ3n) is 3.89. The Morgan fingerprint density at radius 2 is 2.10 bits per heavy atom. The molecule has 0 spiro atoms. The highest BCUT2D eigenvalue weighted by molar-refractivity contribution is 9.10. The molecular formula is C16H20BrN3S. The van der Waals surface area contributed by atoms with E-state index >= 15 is 0 Å². The van der Waals surface area contributed by atoms with Crippen molar-refractivity contribution in [3.63, 3.8) is 0 Å². The highest BCUT2D eigenvalue weighted by Crippen LogP contribution is 2.27. The molecule has 5 heteroatoms. The van der Waals surface area contributed by atoms with E-state index in [1.807, 2.05) is 0 Å². The monoisotopic (exact) mass is 365 g/mol. The van der Waals surface area contributed by atoms with Gasteiger partial charge in [-0.1, -0.05) is 30.3 Å². The van der Waals surface area contributed by atoms with Crippen LogP contribution < -0.4 is 4.90 Å². The summed E-state index contributed by atoms with van der Waals surface area (Å²) in [5, 5.41) is 3.20. The first-order chi connectivity index (χ1) is 10.2. The number of halogens is 1. The van der Waals surface area contributed by atoms with Crippen LogP contribution in [0.5, 0.6) is 0 Å². The zero-order valence-electron chi connectivity index (χ0n) is 12.2. The highest BCUT2D eigenvalue weighted by Gasteiger charge is 2.23. The number of thiazole rings is 1. The number of anilines is 1. The molecule has 2 aromatic rings. The van der Waals surface area contributed by atoms with Crippen molar-refractivity contribution in [2.75, 3.05) is 24.5 Å². The first kappa shape index (κ1) is 15.0. The summed E-state index contributed by atoms with van der Waals surface area (Å²) in [6.07, 6.45) is 1.19. The molecule has 1 aromatic heterocycles. The van der Waals surface area contributed by atoms with Crippen LogP contribution in [-0.2, 0) is 6.54 Å². The molecule has 1 aromatic carbocycles. The molecule has 1 unspecified atom stereocenters. The molecule has 2 heterocycles. The molecule has 3 rings (SSSR count). The van der Waals surface area contributed by atoms with Crippen molar-refractivity contribution >= 4 is 32.4 Å². The largest absolute Gasteiger partial charge is 0.344 e. The normalized spacial score (nSPS) is 20.5. The van der Waals surface area contributed by atoms with Crippen LogP contribution in [0.4, 0.5) is 5.13 Å². The van der Waals surface area contributed by atoms with Crippen LogP contribution in [0.15, 0.2) is 40.3 Å². The maximum absolute atomic E-state index is 4.58. The second-order valence-electron chi connectivity index (χ2n) is 5.57. The van der Waals surface area contributed by atoms with Crippen LogP contribution in [0.2, 0.25) is 0 Å². The van der Waals surface area contributed by atoms with Gasteiger partial charge in [-0.15, -0.1) is 11.3 Å². The lowest BCUT2D eigenvalue weighted by atomic mass is 10.2. The minimum absolute atomic E-state index is 0.495. The second kappa shape index (κ2) is 6.90. The number of rotatable bonds is 3. The van der Waals surface area contributed by atoms with Gasteiger partial charge in [-0.05, 0) is 34.8 Å². The molecular weight excluding hydrogens is 346 g/mol. The maximum Gasteiger partial charge on any atom is 0.186 e. The molecule has 1 atom stereocenters. The van der Waals surface area contributed by atoms with Crippen LogP contribution in [0.1, 0.15) is 18.9 Å². The molecule has 112 valence electrons. The van der Waals surface area contributed by atoms with Crippen molar-refractivity contribution in [2.24, 2.45) is 0 Å². The van der Waals surface area contributed by atoms with E-state index in [1.54, 1.807) is 11.3 Å². The molecule has 21 heavy (non-hydrogen) atoms. The van der Waals surface area contributed by atoms with E-state index in [9.17, 15) is 0 Å². The fourth-order valence-electron chi connectivity index (χ4n) is 2.90. The topological polar surface area (TPSA) is 19.4 Å². The van der Waals surface area contributed by atoms with Gasteiger partial charge in [0.05, 0.1) is 0 Å². The third kappa shape index (κ3) is 3.84. The number of hydrogen-bond acceptors (Lipinski definition) is 4. The zero-order chi connectivity index (χ0) is 14.7. The van der Waals surface area contributed by atoms with E-state index in [0.29, 0.717) is 6.04 Å². The van der Waals surface area contributed by atoms with Gasteiger partial charge in [-0.25, -0.2) is 4.98 Å². The second-order valence-corrected chi connectivity index (χ2v) is 7.22. The number of benzene rings is 1.